The van der Waals surface area contributed by atoms with Gasteiger partial charge in [-0.1, -0.05) is 6.07 Å². The van der Waals surface area contributed by atoms with E-state index in [1.807, 2.05) is 56.6 Å². The Labute approximate surface area is 170 Å². The van der Waals surface area contributed by atoms with Crippen molar-refractivity contribution in [3.63, 3.8) is 0 Å². The molecule has 7 nitrogen and oxygen atoms in total. The van der Waals surface area contributed by atoms with Crippen LogP contribution in [0.4, 0.5) is 0 Å². The highest BCUT2D eigenvalue weighted by atomic mass is 16.5. The Kier molecular flexibility index (Phi) is 6.59. The van der Waals surface area contributed by atoms with Gasteiger partial charge in [0.05, 0.1) is 25.5 Å². The van der Waals surface area contributed by atoms with Gasteiger partial charge in [0, 0.05) is 12.2 Å². The Morgan fingerprint density at radius 1 is 1.07 bits per heavy atom. The van der Waals surface area contributed by atoms with Gasteiger partial charge in [-0.2, -0.15) is 5.10 Å². The Hall–Kier alpha value is -3.22. The van der Waals surface area contributed by atoms with Gasteiger partial charge in [-0.25, -0.2) is 0 Å². The lowest BCUT2D eigenvalue weighted by molar-refractivity contribution is 0.0921. The molecule has 0 fully saturated rings. The van der Waals surface area contributed by atoms with E-state index in [1.165, 1.54) is 0 Å². The number of aryl methyl sites for hydroxylation is 2. The van der Waals surface area contributed by atoms with Crippen LogP contribution in [0.1, 0.15) is 47.1 Å². The zero-order valence-corrected chi connectivity index (χ0v) is 17.3. The highest BCUT2D eigenvalue weighted by Crippen LogP contribution is 2.28. The topological polar surface area (TPSA) is 78.5 Å². The minimum atomic E-state index is -0.267. The zero-order valence-electron chi connectivity index (χ0n) is 17.3. The van der Waals surface area contributed by atoms with Crippen LogP contribution in [-0.4, -0.2) is 28.9 Å². The number of carbonyl (C=O) groups excluding carboxylic acids is 1. The van der Waals surface area contributed by atoms with Crippen LogP contribution in [-0.2, 0) is 13.1 Å². The van der Waals surface area contributed by atoms with Crippen LogP contribution >= 0.6 is 0 Å². The first-order chi connectivity index (χ1) is 14.0. The molecule has 3 aromatic rings. The molecule has 0 aliphatic carbocycles. The fourth-order valence-corrected chi connectivity index (χ4v) is 3.04. The fraction of sp³-hybridized carbons (Fsp3) is 0.364. The normalized spacial score (nSPS) is 10.8. The molecule has 0 saturated carbocycles. The molecule has 2 heterocycles. The van der Waals surface area contributed by atoms with E-state index in [2.05, 4.69) is 10.4 Å². The second-order valence-electron chi connectivity index (χ2n) is 6.68. The first-order valence-corrected chi connectivity index (χ1v) is 9.76. The van der Waals surface area contributed by atoms with Gasteiger partial charge in [0.2, 0.25) is 0 Å². The maximum absolute atomic E-state index is 12.5. The van der Waals surface area contributed by atoms with E-state index in [9.17, 15) is 4.79 Å². The average molecular weight is 397 g/mol. The molecule has 3 rings (SSSR count). The summed E-state index contributed by atoms with van der Waals surface area (Å²) in [7, 11) is 0. The molecule has 0 spiro atoms. The van der Waals surface area contributed by atoms with Crippen LogP contribution in [0.25, 0.3) is 0 Å². The SMILES string of the molecule is CCOc1ccc(CNC(=O)c2ccc(Cn3nc(C)cc3C)o2)cc1OCC. The summed E-state index contributed by atoms with van der Waals surface area (Å²) in [5, 5.41) is 7.29. The van der Waals surface area contributed by atoms with E-state index in [0.29, 0.717) is 43.6 Å². The number of hydrogen-bond donors (Lipinski definition) is 1. The van der Waals surface area contributed by atoms with Crippen molar-refractivity contribution in [3.05, 3.63) is 64.9 Å². The summed E-state index contributed by atoms with van der Waals surface area (Å²) in [6, 6.07) is 11.1. The molecular weight excluding hydrogens is 370 g/mol. The molecule has 0 aliphatic rings. The van der Waals surface area contributed by atoms with Gasteiger partial charge in [-0.15, -0.1) is 0 Å². The zero-order chi connectivity index (χ0) is 20.8. The average Bonchev–Trinajstić information content (AvgIpc) is 3.28. The number of furan rings is 1. The summed E-state index contributed by atoms with van der Waals surface area (Å²) >= 11 is 0. The van der Waals surface area contributed by atoms with Crippen molar-refractivity contribution < 1.29 is 18.7 Å². The third-order valence-corrected chi connectivity index (χ3v) is 4.36. The highest BCUT2D eigenvalue weighted by Gasteiger charge is 2.13. The van der Waals surface area contributed by atoms with Gasteiger partial charge in [0.25, 0.3) is 5.91 Å². The summed E-state index contributed by atoms with van der Waals surface area (Å²) in [6.45, 7) is 9.74. The molecule has 29 heavy (non-hydrogen) atoms. The molecule has 7 heteroatoms. The van der Waals surface area contributed by atoms with Gasteiger partial charge in [-0.05, 0) is 63.6 Å². The molecule has 154 valence electrons. The minimum absolute atomic E-state index is 0.267. The van der Waals surface area contributed by atoms with E-state index >= 15 is 0 Å². The number of amides is 1. The highest BCUT2D eigenvalue weighted by molar-refractivity contribution is 5.91. The van der Waals surface area contributed by atoms with Crippen LogP contribution in [0.2, 0.25) is 0 Å². The van der Waals surface area contributed by atoms with Crippen molar-refractivity contribution in [1.82, 2.24) is 15.1 Å². The number of benzene rings is 1. The Bertz CT molecular complexity index is 974. The third-order valence-electron chi connectivity index (χ3n) is 4.36. The second-order valence-corrected chi connectivity index (χ2v) is 6.68. The molecule has 2 aromatic heterocycles. The minimum Gasteiger partial charge on any atom is -0.490 e. The molecule has 1 N–H and O–H groups in total. The molecule has 0 aliphatic heterocycles. The van der Waals surface area contributed by atoms with Crippen molar-refractivity contribution in [2.75, 3.05) is 13.2 Å². The number of nitrogens with one attached hydrogen (secondary N) is 1. The number of hydrogen-bond acceptors (Lipinski definition) is 5. The lowest BCUT2D eigenvalue weighted by Crippen LogP contribution is -2.22. The summed E-state index contributed by atoms with van der Waals surface area (Å²) in [4.78, 5) is 12.5. The summed E-state index contributed by atoms with van der Waals surface area (Å²) in [5.41, 5.74) is 2.92. The monoisotopic (exact) mass is 397 g/mol. The van der Waals surface area contributed by atoms with Crippen molar-refractivity contribution in [3.8, 4) is 11.5 Å². The first-order valence-electron chi connectivity index (χ1n) is 9.76. The molecule has 1 amide bonds. The van der Waals surface area contributed by atoms with E-state index in [1.54, 1.807) is 12.1 Å². The smallest absolute Gasteiger partial charge is 0.287 e. The summed E-state index contributed by atoms with van der Waals surface area (Å²) < 4.78 is 18.7. The van der Waals surface area contributed by atoms with Crippen LogP contribution in [0.5, 0.6) is 11.5 Å². The summed E-state index contributed by atoms with van der Waals surface area (Å²) in [6.07, 6.45) is 0. The molecule has 0 unspecified atom stereocenters. The van der Waals surface area contributed by atoms with Crippen molar-refractivity contribution >= 4 is 5.91 Å². The van der Waals surface area contributed by atoms with Crippen molar-refractivity contribution in [2.24, 2.45) is 0 Å². The Morgan fingerprint density at radius 3 is 2.52 bits per heavy atom. The maximum Gasteiger partial charge on any atom is 0.287 e. The van der Waals surface area contributed by atoms with Crippen molar-refractivity contribution in [2.45, 2.75) is 40.8 Å². The van der Waals surface area contributed by atoms with Gasteiger partial charge < -0.3 is 19.2 Å². The molecule has 0 atom stereocenters. The Morgan fingerprint density at radius 2 is 1.83 bits per heavy atom. The number of ether oxygens (including phenoxy) is 2. The van der Waals surface area contributed by atoms with E-state index < -0.39 is 0 Å². The predicted octanol–water partition coefficient (Wildman–Crippen LogP) is 3.87. The maximum atomic E-state index is 12.5. The third kappa shape index (κ3) is 5.19. The predicted molar refractivity (Wildman–Crippen MR) is 109 cm³/mol. The van der Waals surface area contributed by atoms with E-state index in [4.69, 9.17) is 13.9 Å². The van der Waals surface area contributed by atoms with Crippen molar-refractivity contribution in [1.29, 1.82) is 0 Å². The largest absolute Gasteiger partial charge is 0.490 e. The number of aromatic nitrogens is 2. The van der Waals surface area contributed by atoms with Gasteiger partial charge >= 0.3 is 0 Å². The molecule has 1 aromatic carbocycles. The van der Waals surface area contributed by atoms with E-state index in [-0.39, 0.29) is 11.7 Å². The first kappa shape index (κ1) is 20.5. The summed E-state index contributed by atoms with van der Waals surface area (Å²) in [5.74, 6) is 2.06. The molecule has 0 saturated heterocycles. The lowest BCUT2D eigenvalue weighted by atomic mass is 10.2. The van der Waals surface area contributed by atoms with Gasteiger partial charge in [-0.3, -0.25) is 9.48 Å². The molecular formula is C22H27N3O4. The molecule has 0 bridgehead atoms. The number of nitrogens with zero attached hydrogens (tertiary/aromatic N) is 2. The van der Waals surface area contributed by atoms with Gasteiger partial charge in [0.1, 0.15) is 5.76 Å². The quantitative estimate of drug-likeness (QED) is 0.593. The lowest BCUT2D eigenvalue weighted by Gasteiger charge is -2.12. The van der Waals surface area contributed by atoms with Crippen LogP contribution < -0.4 is 14.8 Å². The fourth-order valence-electron chi connectivity index (χ4n) is 3.04. The molecule has 0 radical (unpaired) electrons. The number of carbonyl (C=O) groups is 1. The Balaban J connectivity index is 1.61. The number of rotatable bonds is 9. The van der Waals surface area contributed by atoms with Crippen LogP contribution in [0, 0.1) is 13.8 Å². The van der Waals surface area contributed by atoms with Crippen LogP contribution in [0.3, 0.4) is 0 Å². The second kappa shape index (κ2) is 9.32. The standard InChI is InChI=1S/C22H27N3O4/c1-5-27-19-9-7-17(12-21(19)28-6-2)13-23-22(26)20-10-8-18(29-20)14-25-16(4)11-15(3)24-25/h7-12H,5-6,13-14H2,1-4H3,(H,23,26). The van der Waals surface area contributed by atoms with E-state index in [0.717, 1.165) is 17.0 Å². The van der Waals surface area contributed by atoms with Gasteiger partial charge in [0.15, 0.2) is 17.3 Å². The van der Waals surface area contributed by atoms with Crippen LogP contribution in [0.15, 0.2) is 40.8 Å².